The van der Waals surface area contributed by atoms with Gasteiger partial charge in [-0.05, 0) is 6.42 Å². The Morgan fingerprint density at radius 1 is 0.360 bits per heavy atom. The number of carbonyl (C=O) groups is 3. The molecule has 50 heavy (non-hydrogen) atoms. The van der Waals surface area contributed by atoms with E-state index in [0.717, 1.165) is 13.0 Å². The molecule has 1 N–H and O–H groups in total. The van der Waals surface area contributed by atoms with Crippen molar-refractivity contribution in [2.45, 2.75) is 90.4 Å². The Bertz CT molecular complexity index is 740. The van der Waals surface area contributed by atoms with Crippen molar-refractivity contribution >= 4 is 17.7 Å². The lowest BCUT2D eigenvalue weighted by Crippen LogP contribution is -2.17. The maximum Gasteiger partial charge on any atom is 0.372 e. The summed E-state index contributed by atoms with van der Waals surface area (Å²) in [5.74, 6) is -3.23. The monoisotopic (exact) mass is 724 g/mol. The predicted molar refractivity (Wildman–Crippen MR) is 187 cm³/mol. The third kappa shape index (κ3) is 40.7. The van der Waals surface area contributed by atoms with Gasteiger partial charge < -0.3 is 52.5 Å². The van der Waals surface area contributed by atoms with Crippen molar-refractivity contribution in [3.05, 3.63) is 0 Å². The normalized spacial score (nSPS) is 11.3. The molecule has 0 saturated carbocycles. The number of aliphatic carboxylic acids is 1. The highest BCUT2D eigenvalue weighted by atomic mass is 16.6. The minimum atomic E-state index is -1.56. The third-order valence-corrected chi connectivity index (χ3v) is 7.15. The highest BCUT2D eigenvalue weighted by Gasteiger charge is 2.14. The molecule has 14 heteroatoms. The van der Waals surface area contributed by atoms with Gasteiger partial charge in [-0.25, -0.2) is 4.79 Å². The van der Waals surface area contributed by atoms with Gasteiger partial charge in [-0.2, -0.15) is 0 Å². The molecule has 0 spiro atoms. The number of unbranched alkanes of at least 4 members (excludes halogenated alkanes) is 10. The summed E-state index contributed by atoms with van der Waals surface area (Å²) < 4.78 is 54.0. The molecule has 0 radical (unpaired) electrons. The molecule has 0 bridgehead atoms. The number of esters is 1. The smallest absolute Gasteiger partial charge is 0.372 e. The fraction of sp³-hybridized carbons (Fsp3) is 0.917. The van der Waals surface area contributed by atoms with Crippen LogP contribution in [0.4, 0.5) is 0 Å². The third-order valence-electron chi connectivity index (χ3n) is 7.15. The first kappa shape index (κ1) is 48.2. The second kappa shape index (κ2) is 41.7. The van der Waals surface area contributed by atoms with Crippen LogP contribution in [-0.2, 0) is 61.8 Å². The van der Waals surface area contributed by atoms with Crippen molar-refractivity contribution in [3.8, 4) is 0 Å². The molecular weight excluding hydrogens is 656 g/mol. The van der Waals surface area contributed by atoms with Crippen LogP contribution in [0.25, 0.3) is 0 Å². The average molecular weight is 725 g/mol. The van der Waals surface area contributed by atoms with E-state index in [0.29, 0.717) is 106 Å². The van der Waals surface area contributed by atoms with E-state index in [1.165, 1.54) is 64.2 Å². The molecule has 0 saturated heterocycles. The van der Waals surface area contributed by atoms with E-state index in [1.54, 1.807) is 0 Å². The number of Topliss-reactive ketones (excluding diaryl/α,β-unsaturated/α-hetero) is 1. The molecular formula is C36H68O14. The first-order valence-electron chi connectivity index (χ1n) is 18.7. The van der Waals surface area contributed by atoms with Crippen LogP contribution >= 0.6 is 0 Å². The molecule has 0 aliphatic rings. The van der Waals surface area contributed by atoms with Gasteiger partial charge >= 0.3 is 11.9 Å². The molecule has 0 heterocycles. The Labute approximate surface area is 300 Å². The van der Waals surface area contributed by atoms with Crippen LogP contribution in [0.1, 0.15) is 90.4 Å². The molecule has 0 aromatic heterocycles. The van der Waals surface area contributed by atoms with Gasteiger partial charge in [0.05, 0.1) is 119 Å². The summed E-state index contributed by atoms with van der Waals surface area (Å²) in [6.07, 6.45) is 14.1. The van der Waals surface area contributed by atoms with Crippen LogP contribution in [0.5, 0.6) is 0 Å². The molecule has 0 aromatic carbocycles. The Morgan fingerprint density at radius 2 is 0.640 bits per heavy atom. The second-order valence-electron chi connectivity index (χ2n) is 11.5. The van der Waals surface area contributed by atoms with E-state index < -0.39 is 17.7 Å². The fourth-order valence-corrected chi connectivity index (χ4v) is 4.34. The summed E-state index contributed by atoms with van der Waals surface area (Å²) in [5.41, 5.74) is 0. The minimum absolute atomic E-state index is 0.0187. The van der Waals surface area contributed by atoms with Crippen LogP contribution in [0, 0.1) is 0 Å². The zero-order valence-electron chi connectivity index (χ0n) is 30.9. The van der Waals surface area contributed by atoms with Crippen molar-refractivity contribution < 1.29 is 66.9 Å². The summed E-state index contributed by atoms with van der Waals surface area (Å²) in [7, 11) is 0. The molecule has 0 aliphatic heterocycles. The first-order chi connectivity index (χ1) is 24.6. The van der Waals surface area contributed by atoms with Crippen LogP contribution in [-0.4, -0.2) is 148 Å². The van der Waals surface area contributed by atoms with Crippen LogP contribution in [0.3, 0.4) is 0 Å². The topological polar surface area (TPSA) is 164 Å². The maximum atomic E-state index is 11.4. The molecule has 0 atom stereocenters. The molecule has 0 rings (SSSR count). The Morgan fingerprint density at radius 3 is 0.960 bits per heavy atom. The zero-order valence-corrected chi connectivity index (χ0v) is 30.9. The number of ketones is 1. The molecule has 0 aromatic rings. The SMILES string of the molecule is CCCCCCCCCCCCCOCCOCCOCCOCCOCCOCCOCCOCCOCCOC(=O)CCC(=O)C(=O)O. The van der Waals surface area contributed by atoms with Gasteiger partial charge in [-0.3, -0.25) is 9.59 Å². The summed E-state index contributed by atoms with van der Waals surface area (Å²) >= 11 is 0. The van der Waals surface area contributed by atoms with E-state index in [1.807, 2.05) is 0 Å². The van der Waals surface area contributed by atoms with Gasteiger partial charge in [0.1, 0.15) is 6.61 Å². The lowest BCUT2D eigenvalue weighted by molar-refractivity contribution is -0.151. The maximum absolute atomic E-state index is 11.4. The molecule has 0 unspecified atom stereocenters. The van der Waals surface area contributed by atoms with Crippen molar-refractivity contribution in [2.24, 2.45) is 0 Å². The Balaban J connectivity index is 3.11. The largest absolute Gasteiger partial charge is 0.476 e. The number of rotatable bonds is 43. The molecule has 14 nitrogen and oxygen atoms in total. The van der Waals surface area contributed by atoms with E-state index in [2.05, 4.69) is 6.92 Å². The number of hydrogen-bond acceptors (Lipinski definition) is 13. The van der Waals surface area contributed by atoms with Gasteiger partial charge in [0.25, 0.3) is 0 Å². The van der Waals surface area contributed by atoms with Gasteiger partial charge in [0.15, 0.2) is 0 Å². The minimum Gasteiger partial charge on any atom is -0.476 e. The average Bonchev–Trinajstić information content (AvgIpc) is 3.11. The summed E-state index contributed by atoms with van der Waals surface area (Å²) in [6, 6.07) is 0. The molecule has 0 aliphatic carbocycles. The van der Waals surface area contributed by atoms with Crippen molar-refractivity contribution in [3.63, 3.8) is 0 Å². The van der Waals surface area contributed by atoms with Crippen molar-refractivity contribution in [2.75, 3.05) is 126 Å². The van der Waals surface area contributed by atoms with Crippen molar-refractivity contribution in [1.29, 1.82) is 0 Å². The van der Waals surface area contributed by atoms with E-state index in [9.17, 15) is 14.4 Å². The summed E-state index contributed by atoms with van der Waals surface area (Å²) in [5, 5.41) is 8.45. The number of carboxylic acid groups (broad SMARTS) is 1. The Hall–Kier alpha value is -1.75. The number of carboxylic acids is 1. The van der Waals surface area contributed by atoms with Crippen molar-refractivity contribution in [1.82, 2.24) is 0 Å². The van der Waals surface area contributed by atoms with Crippen LogP contribution in [0.15, 0.2) is 0 Å². The van der Waals surface area contributed by atoms with E-state index >= 15 is 0 Å². The Kier molecular flexibility index (Phi) is 40.2. The van der Waals surface area contributed by atoms with Gasteiger partial charge in [0.2, 0.25) is 5.78 Å². The lowest BCUT2D eigenvalue weighted by Gasteiger charge is -2.09. The highest BCUT2D eigenvalue weighted by Crippen LogP contribution is 2.11. The molecule has 296 valence electrons. The van der Waals surface area contributed by atoms with Crippen LogP contribution in [0.2, 0.25) is 0 Å². The van der Waals surface area contributed by atoms with Crippen LogP contribution < -0.4 is 0 Å². The quantitative estimate of drug-likeness (QED) is 0.0534. The number of carbonyl (C=O) groups excluding carboxylic acids is 2. The highest BCUT2D eigenvalue weighted by molar-refractivity contribution is 6.32. The van der Waals surface area contributed by atoms with E-state index in [-0.39, 0.29) is 26.1 Å². The molecule has 0 fully saturated rings. The van der Waals surface area contributed by atoms with Gasteiger partial charge in [-0.15, -0.1) is 0 Å². The van der Waals surface area contributed by atoms with E-state index in [4.69, 9.17) is 52.5 Å². The standard InChI is InChI=1S/C36H68O14/c1-2-3-4-5-6-7-8-9-10-11-12-15-41-16-17-42-18-19-43-20-21-44-22-23-45-24-25-46-26-27-47-28-29-48-30-31-49-32-33-50-35(38)14-13-34(37)36(39)40/h2-33H2,1H3,(H,39,40). The first-order valence-corrected chi connectivity index (χ1v) is 18.7. The van der Waals surface area contributed by atoms with Gasteiger partial charge in [-0.1, -0.05) is 71.1 Å². The predicted octanol–water partition coefficient (Wildman–Crippen LogP) is 4.42. The molecule has 0 amide bonds. The number of hydrogen-bond donors (Lipinski definition) is 1. The number of ether oxygens (including phenoxy) is 10. The lowest BCUT2D eigenvalue weighted by atomic mass is 10.1. The summed E-state index contributed by atoms with van der Waals surface area (Å²) in [6.45, 7) is 11.0. The second-order valence-corrected chi connectivity index (χ2v) is 11.5. The zero-order chi connectivity index (χ0) is 36.4. The summed E-state index contributed by atoms with van der Waals surface area (Å²) in [4.78, 5) is 32.7. The fourth-order valence-electron chi connectivity index (χ4n) is 4.34. The van der Waals surface area contributed by atoms with Gasteiger partial charge in [0, 0.05) is 13.0 Å².